The van der Waals surface area contributed by atoms with E-state index in [4.69, 9.17) is 5.11 Å². The average molecular weight is 187 g/mol. The molecule has 0 heterocycles. The van der Waals surface area contributed by atoms with Gasteiger partial charge in [-0.15, -0.1) is 0 Å². The van der Waals surface area contributed by atoms with Crippen LogP contribution in [0.2, 0.25) is 0 Å². The molecule has 5 nitrogen and oxygen atoms in total. The van der Waals surface area contributed by atoms with Crippen molar-refractivity contribution in [2.45, 2.75) is 13.0 Å². The summed E-state index contributed by atoms with van der Waals surface area (Å²) in [5.41, 5.74) is 0. The largest absolute Gasteiger partial charge is 0.467 e. The fraction of sp³-hybridized carbons (Fsp3) is 0.500. The molecule has 1 atom stereocenters. The second kappa shape index (κ2) is 6.19. The minimum atomic E-state index is -1.31. The molecule has 0 bridgehead atoms. The Labute approximate surface area is 76.4 Å². The highest BCUT2D eigenvalue weighted by Gasteiger charge is 2.14. The Balaban J connectivity index is 3.76. The predicted molar refractivity (Wildman–Crippen MR) is 45.8 cm³/mol. The number of amides is 1. The first-order valence-corrected chi connectivity index (χ1v) is 3.78. The Morgan fingerprint density at radius 3 is 2.69 bits per heavy atom. The highest BCUT2D eigenvalue weighted by Crippen LogP contribution is 1.84. The summed E-state index contributed by atoms with van der Waals surface area (Å²) < 4.78 is 4.25. The van der Waals surface area contributed by atoms with Gasteiger partial charge in [-0.2, -0.15) is 0 Å². The molecule has 0 saturated carbocycles. The number of hydrogen-bond donors (Lipinski definition) is 2. The minimum Gasteiger partial charge on any atom is -0.467 e. The summed E-state index contributed by atoms with van der Waals surface area (Å²) in [5.74, 6) is -1.12. The van der Waals surface area contributed by atoms with E-state index in [9.17, 15) is 9.59 Å². The number of ether oxygens (including phenoxy) is 1. The third kappa shape index (κ3) is 4.97. The van der Waals surface area contributed by atoms with Crippen LogP contribution >= 0.6 is 0 Å². The van der Waals surface area contributed by atoms with Crippen molar-refractivity contribution >= 4 is 11.9 Å². The highest BCUT2D eigenvalue weighted by molar-refractivity contribution is 5.87. The maximum absolute atomic E-state index is 10.8. The van der Waals surface area contributed by atoms with Crippen LogP contribution < -0.4 is 5.32 Å². The van der Waals surface area contributed by atoms with Crippen LogP contribution in [0.25, 0.3) is 0 Å². The maximum Gasteiger partial charge on any atom is 0.336 e. The number of nitrogens with one attached hydrogen (secondary N) is 1. The second-order valence-corrected chi connectivity index (χ2v) is 2.28. The van der Waals surface area contributed by atoms with Crippen LogP contribution in [-0.2, 0) is 14.3 Å². The van der Waals surface area contributed by atoms with E-state index in [1.165, 1.54) is 13.2 Å². The summed E-state index contributed by atoms with van der Waals surface area (Å²) >= 11 is 0. The summed E-state index contributed by atoms with van der Waals surface area (Å²) in [4.78, 5) is 21.4. The first kappa shape index (κ1) is 11.6. The molecule has 1 amide bonds. The predicted octanol–water partition coefficient (Wildman–Crippen LogP) is -0.787. The van der Waals surface area contributed by atoms with Gasteiger partial charge in [0.25, 0.3) is 0 Å². The lowest BCUT2D eigenvalue weighted by Gasteiger charge is -2.07. The quantitative estimate of drug-likeness (QED) is 0.447. The number of methoxy groups -OCH3 is 1. The molecule has 13 heavy (non-hydrogen) atoms. The van der Waals surface area contributed by atoms with Crippen molar-refractivity contribution in [3.63, 3.8) is 0 Å². The van der Waals surface area contributed by atoms with E-state index in [1.807, 2.05) is 0 Å². The zero-order valence-electron chi connectivity index (χ0n) is 7.61. The smallest absolute Gasteiger partial charge is 0.336 e. The van der Waals surface area contributed by atoms with Crippen LogP contribution in [0.1, 0.15) is 6.92 Å². The number of allylic oxidation sites excluding steroid dienone is 1. The van der Waals surface area contributed by atoms with Crippen LogP contribution in [-0.4, -0.2) is 36.7 Å². The molecule has 0 aliphatic carbocycles. The summed E-state index contributed by atoms with van der Waals surface area (Å²) in [6.07, 6.45) is 1.54. The summed E-state index contributed by atoms with van der Waals surface area (Å²) in [6.45, 7) is 1.55. The number of aliphatic hydroxyl groups excluding tert-OH is 1. The number of rotatable bonds is 4. The van der Waals surface area contributed by atoms with Gasteiger partial charge in [-0.05, 0) is 13.0 Å². The first-order valence-electron chi connectivity index (χ1n) is 3.78. The average Bonchev–Trinajstić information content (AvgIpc) is 2.13. The summed E-state index contributed by atoms with van der Waals surface area (Å²) in [7, 11) is 1.17. The van der Waals surface area contributed by atoms with Crippen LogP contribution in [0, 0.1) is 0 Å². The van der Waals surface area contributed by atoms with Gasteiger partial charge in [0.15, 0.2) is 6.10 Å². The Kier molecular flexibility index (Phi) is 5.54. The van der Waals surface area contributed by atoms with E-state index in [1.54, 1.807) is 13.0 Å². The zero-order valence-corrected chi connectivity index (χ0v) is 7.61. The Morgan fingerprint density at radius 1 is 1.62 bits per heavy atom. The van der Waals surface area contributed by atoms with Crippen LogP contribution in [0.15, 0.2) is 12.2 Å². The number of carbonyl (C=O) groups excluding carboxylic acids is 2. The van der Waals surface area contributed by atoms with E-state index >= 15 is 0 Å². The molecule has 0 rings (SSSR count). The number of aliphatic hydroxyl groups is 1. The third-order valence-corrected chi connectivity index (χ3v) is 1.26. The molecule has 0 saturated heterocycles. The SMILES string of the molecule is C/C=C/C(=O)NCC(O)C(=O)OC. The fourth-order valence-electron chi connectivity index (χ4n) is 0.627. The van der Waals surface area contributed by atoms with E-state index in [2.05, 4.69) is 10.1 Å². The van der Waals surface area contributed by atoms with Gasteiger partial charge in [0.2, 0.25) is 5.91 Å². The Bertz CT molecular complexity index is 212. The molecule has 2 N–H and O–H groups in total. The molecular weight excluding hydrogens is 174 g/mol. The molecule has 0 aromatic heterocycles. The summed E-state index contributed by atoms with van der Waals surface area (Å²) in [6, 6.07) is 0. The molecule has 0 aliphatic rings. The van der Waals surface area contributed by atoms with Crippen molar-refractivity contribution in [1.82, 2.24) is 5.32 Å². The van der Waals surface area contributed by atoms with Crippen LogP contribution in [0.4, 0.5) is 0 Å². The van der Waals surface area contributed by atoms with E-state index in [0.29, 0.717) is 0 Å². The highest BCUT2D eigenvalue weighted by atomic mass is 16.5. The van der Waals surface area contributed by atoms with E-state index in [-0.39, 0.29) is 12.5 Å². The second-order valence-electron chi connectivity index (χ2n) is 2.28. The van der Waals surface area contributed by atoms with Crippen molar-refractivity contribution in [1.29, 1.82) is 0 Å². The summed E-state index contributed by atoms with van der Waals surface area (Å²) in [5, 5.41) is 11.3. The van der Waals surface area contributed by atoms with Crippen LogP contribution in [0.5, 0.6) is 0 Å². The van der Waals surface area contributed by atoms with Gasteiger partial charge in [-0.3, -0.25) is 4.79 Å². The third-order valence-electron chi connectivity index (χ3n) is 1.26. The van der Waals surface area contributed by atoms with Gasteiger partial charge >= 0.3 is 5.97 Å². The van der Waals surface area contributed by atoms with Gasteiger partial charge in [0, 0.05) is 0 Å². The van der Waals surface area contributed by atoms with Crippen molar-refractivity contribution in [2.24, 2.45) is 0 Å². The van der Waals surface area contributed by atoms with Gasteiger partial charge in [-0.1, -0.05) is 6.08 Å². The molecule has 0 aromatic rings. The van der Waals surface area contributed by atoms with Gasteiger partial charge in [0.1, 0.15) is 0 Å². The lowest BCUT2D eigenvalue weighted by Crippen LogP contribution is -2.36. The molecule has 0 aliphatic heterocycles. The van der Waals surface area contributed by atoms with Gasteiger partial charge in [-0.25, -0.2) is 4.79 Å². The maximum atomic E-state index is 10.8. The molecule has 5 heteroatoms. The fourth-order valence-corrected chi connectivity index (χ4v) is 0.627. The van der Waals surface area contributed by atoms with Gasteiger partial charge in [0.05, 0.1) is 13.7 Å². The lowest BCUT2D eigenvalue weighted by molar-refractivity contribution is -0.150. The molecule has 0 fully saturated rings. The lowest BCUT2D eigenvalue weighted by atomic mass is 10.3. The molecule has 0 aromatic carbocycles. The monoisotopic (exact) mass is 187 g/mol. The molecule has 0 radical (unpaired) electrons. The molecule has 1 unspecified atom stereocenters. The molecule has 0 spiro atoms. The van der Waals surface area contributed by atoms with Crippen molar-refractivity contribution in [3.8, 4) is 0 Å². The Hall–Kier alpha value is -1.36. The van der Waals surface area contributed by atoms with Crippen LogP contribution in [0.3, 0.4) is 0 Å². The van der Waals surface area contributed by atoms with E-state index in [0.717, 1.165) is 0 Å². The first-order chi connectivity index (χ1) is 6.11. The van der Waals surface area contributed by atoms with Crippen molar-refractivity contribution in [2.75, 3.05) is 13.7 Å². The standard InChI is InChI=1S/C8H13NO4/c1-3-4-7(11)9-5-6(10)8(12)13-2/h3-4,6,10H,5H2,1-2H3,(H,9,11)/b4-3+. The number of hydrogen-bond acceptors (Lipinski definition) is 4. The molecular formula is C8H13NO4. The minimum absolute atomic E-state index is 0.143. The van der Waals surface area contributed by atoms with Crippen molar-refractivity contribution in [3.05, 3.63) is 12.2 Å². The number of esters is 1. The number of carbonyl (C=O) groups is 2. The van der Waals surface area contributed by atoms with Gasteiger partial charge < -0.3 is 15.2 Å². The zero-order chi connectivity index (χ0) is 10.3. The normalized spacial score (nSPS) is 12.5. The molecule has 74 valence electrons. The Morgan fingerprint density at radius 2 is 2.23 bits per heavy atom. The van der Waals surface area contributed by atoms with Crippen molar-refractivity contribution < 1.29 is 19.4 Å². The van der Waals surface area contributed by atoms with E-state index < -0.39 is 12.1 Å². The topological polar surface area (TPSA) is 75.6 Å².